The number of aryl methyl sites for hydroxylation is 1. The molecule has 1 heterocycles. The van der Waals surface area contributed by atoms with Gasteiger partial charge in [-0.05, 0) is 44.2 Å². The Morgan fingerprint density at radius 3 is 2.50 bits per heavy atom. The zero-order chi connectivity index (χ0) is 14.9. The number of anilines is 2. The van der Waals surface area contributed by atoms with E-state index in [2.05, 4.69) is 0 Å². The zero-order valence-electron chi connectivity index (χ0n) is 11.1. The molecule has 0 aliphatic rings. The van der Waals surface area contributed by atoms with E-state index in [1.807, 2.05) is 6.92 Å². The van der Waals surface area contributed by atoms with E-state index in [4.69, 9.17) is 5.73 Å². The molecule has 20 heavy (non-hydrogen) atoms. The molecule has 0 aliphatic carbocycles. The topological polar surface area (TPSA) is 63.4 Å². The molecule has 0 unspecified atom stereocenters. The Labute approximate surface area is 121 Å². The van der Waals surface area contributed by atoms with Crippen LogP contribution in [0.4, 0.5) is 15.8 Å². The van der Waals surface area contributed by atoms with Crippen LogP contribution < -0.4 is 10.0 Å². The van der Waals surface area contributed by atoms with E-state index in [9.17, 15) is 12.8 Å². The lowest BCUT2D eigenvalue weighted by Crippen LogP contribution is -2.30. The largest absolute Gasteiger partial charge is 0.396 e. The first-order chi connectivity index (χ1) is 9.36. The summed E-state index contributed by atoms with van der Waals surface area (Å²) in [4.78, 5) is 0.915. The van der Waals surface area contributed by atoms with E-state index in [1.165, 1.54) is 33.8 Å². The predicted octanol–water partition coefficient (Wildman–Crippen LogP) is 2.99. The molecular weight excluding hydrogens is 299 g/mol. The molecule has 0 aliphatic heterocycles. The number of thiophene rings is 1. The van der Waals surface area contributed by atoms with Gasteiger partial charge in [0.15, 0.2) is 0 Å². The summed E-state index contributed by atoms with van der Waals surface area (Å²) >= 11 is 1.21. The van der Waals surface area contributed by atoms with Crippen LogP contribution in [0.15, 0.2) is 34.5 Å². The lowest BCUT2D eigenvalue weighted by atomic mass is 10.2. The van der Waals surface area contributed by atoms with Gasteiger partial charge in [0.2, 0.25) is 0 Å². The third-order valence-electron chi connectivity index (χ3n) is 2.81. The summed E-state index contributed by atoms with van der Waals surface area (Å²) in [6.45, 7) is 3.80. The molecule has 2 N–H and O–H groups in total. The van der Waals surface area contributed by atoms with Crippen LogP contribution in [0.25, 0.3) is 0 Å². The quantitative estimate of drug-likeness (QED) is 0.882. The summed E-state index contributed by atoms with van der Waals surface area (Å²) in [7, 11) is -3.64. The van der Waals surface area contributed by atoms with Gasteiger partial charge in [-0.1, -0.05) is 0 Å². The third kappa shape index (κ3) is 2.64. The van der Waals surface area contributed by atoms with Crippen molar-refractivity contribution in [3.8, 4) is 0 Å². The van der Waals surface area contributed by atoms with E-state index in [-0.39, 0.29) is 16.4 Å². The number of sulfonamides is 1. The van der Waals surface area contributed by atoms with Crippen LogP contribution in [0.5, 0.6) is 0 Å². The molecule has 0 amide bonds. The summed E-state index contributed by atoms with van der Waals surface area (Å²) < 4.78 is 39.8. The van der Waals surface area contributed by atoms with Crippen molar-refractivity contribution in [1.82, 2.24) is 0 Å². The number of hydrogen-bond acceptors (Lipinski definition) is 4. The molecule has 0 saturated heterocycles. The fourth-order valence-corrected chi connectivity index (χ4v) is 4.70. The average Bonchev–Trinajstić information content (AvgIpc) is 2.82. The highest BCUT2D eigenvalue weighted by Crippen LogP contribution is 2.29. The lowest BCUT2D eigenvalue weighted by molar-refractivity contribution is 0.593. The second kappa shape index (κ2) is 5.41. The van der Waals surface area contributed by atoms with Crippen molar-refractivity contribution in [2.24, 2.45) is 0 Å². The number of nitrogens with zero attached hydrogens (tertiary/aromatic N) is 1. The minimum Gasteiger partial charge on any atom is -0.396 e. The first-order valence-corrected chi connectivity index (χ1v) is 8.26. The summed E-state index contributed by atoms with van der Waals surface area (Å²) in [5.41, 5.74) is 5.79. The van der Waals surface area contributed by atoms with Gasteiger partial charge >= 0.3 is 0 Å². The molecule has 2 aromatic rings. The van der Waals surface area contributed by atoms with Gasteiger partial charge in [-0.3, -0.25) is 4.31 Å². The smallest absolute Gasteiger partial charge is 0.273 e. The lowest BCUT2D eigenvalue weighted by Gasteiger charge is -2.22. The minimum atomic E-state index is -3.64. The fraction of sp³-hybridized carbons (Fsp3) is 0.231. The van der Waals surface area contributed by atoms with Crippen molar-refractivity contribution in [2.45, 2.75) is 18.1 Å². The maximum atomic E-state index is 13.2. The second-order valence-electron chi connectivity index (χ2n) is 4.24. The van der Waals surface area contributed by atoms with Crippen LogP contribution in [0.3, 0.4) is 0 Å². The SMILES string of the molecule is CCN(c1ccc(F)c(N)c1)S(=O)(=O)c1ccc(C)s1. The Kier molecular flexibility index (Phi) is 4.01. The highest BCUT2D eigenvalue weighted by atomic mass is 32.2. The molecule has 1 aromatic heterocycles. The molecule has 0 saturated carbocycles. The van der Waals surface area contributed by atoms with Gasteiger partial charge in [-0.25, -0.2) is 12.8 Å². The molecule has 0 bridgehead atoms. The first-order valence-electron chi connectivity index (χ1n) is 6.00. The number of benzene rings is 1. The van der Waals surface area contributed by atoms with Crippen LogP contribution in [0.2, 0.25) is 0 Å². The van der Waals surface area contributed by atoms with Gasteiger partial charge in [0, 0.05) is 11.4 Å². The molecule has 0 fully saturated rings. The van der Waals surface area contributed by atoms with E-state index >= 15 is 0 Å². The van der Waals surface area contributed by atoms with Crippen LogP contribution in [0, 0.1) is 12.7 Å². The Bertz CT molecular complexity index is 726. The van der Waals surface area contributed by atoms with Gasteiger partial charge in [-0.2, -0.15) is 0 Å². The Morgan fingerprint density at radius 2 is 2.00 bits per heavy atom. The van der Waals surface area contributed by atoms with Gasteiger partial charge in [-0.15, -0.1) is 11.3 Å². The van der Waals surface area contributed by atoms with Crippen LogP contribution in [-0.4, -0.2) is 15.0 Å². The van der Waals surface area contributed by atoms with Crippen molar-refractivity contribution >= 4 is 32.7 Å². The summed E-state index contributed by atoms with van der Waals surface area (Å²) in [6.07, 6.45) is 0. The van der Waals surface area contributed by atoms with Crippen molar-refractivity contribution in [3.05, 3.63) is 41.0 Å². The van der Waals surface area contributed by atoms with Gasteiger partial charge in [0.25, 0.3) is 10.0 Å². The van der Waals surface area contributed by atoms with Crippen LogP contribution in [0.1, 0.15) is 11.8 Å². The highest BCUT2D eigenvalue weighted by Gasteiger charge is 2.25. The number of hydrogen-bond donors (Lipinski definition) is 1. The summed E-state index contributed by atoms with van der Waals surface area (Å²) in [5.74, 6) is -0.561. The predicted molar refractivity (Wildman–Crippen MR) is 80.1 cm³/mol. The molecule has 0 atom stereocenters. The van der Waals surface area contributed by atoms with E-state index in [0.717, 1.165) is 4.88 Å². The van der Waals surface area contributed by atoms with Crippen molar-refractivity contribution < 1.29 is 12.8 Å². The molecule has 0 spiro atoms. The van der Waals surface area contributed by atoms with E-state index in [1.54, 1.807) is 19.1 Å². The number of nitrogen functional groups attached to an aromatic ring is 1. The Balaban J connectivity index is 2.48. The first kappa shape index (κ1) is 14.8. The normalized spacial score (nSPS) is 11.6. The number of halogens is 1. The van der Waals surface area contributed by atoms with Gasteiger partial charge < -0.3 is 5.73 Å². The average molecular weight is 314 g/mol. The zero-order valence-corrected chi connectivity index (χ0v) is 12.8. The molecule has 2 rings (SSSR count). The monoisotopic (exact) mass is 314 g/mol. The Morgan fingerprint density at radius 1 is 1.30 bits per heavy atom. The minimum absolute atomic E-state index is 0.0708. The van der Waals surface area contributed by atoms with Crippen molar-refractivity contribution in [3.63, 3.8) is 0 Å². The molecule has 7 heteroatoms. The summed E-state index contributed by atoms with van der Waals surface area (Å²) in [5, 5.41) is 0. The molecule has 108 valence electrons. The van der Waals surface area contributed by atoms with Gasteiger partial charge in [0.1, 0.15) is 10.0 Å². The van der Waals surface area contributed by atoms with Crippen LogP contribution in [-0.2, 0) is 10.0 Å². The Hall–Kier alpha value is -1.60. The molecule has 0 radical (unpaired) electrons. The van der Waals surface area contributed by atoms with Crippen LogP contribution >= 0.6 is 11.3 Å². The molecular formula is C13H15FN2O2S2. The number of nitrogens with two attached hydrogens (primary N) is 1. The molecule has 1 aromatic carbocycles. The molecule has 4 nitrogen and oxygen atoms in total. The van der Waals surface area contributed by atoms with Gasteiger partial charge in [0.05, 0.1) is 11.4 Å². The standard InChI is InChI=1S/C13H15FN2O2S2/c1-3-16(10-5-6-11(14)12(15)8-10)20(17,18)13-7-4-9(2)19-13/h4-8H,3,15H2,1-2H3. The highest BCUT2D eigenvalue weighted by molar-refractivity contribution is 7.94. The van der Waals surface area contributed by atoms with Crippen molar-refractivity contribution in [1.29, 1.82) is 0 Å². The maximum Gasteiger partial charge on any atom is 0.273 e. The third-order valence-corrected chi connectivity index (χ3v) is 6.19. The fourth-order valence-electron chi connectivity index (χ4n) is 1.84. The number of rotatable bonds is 4. The van der Waals surface area contributed by atoms with E-state index in [0.29, 0.717) is 5.69 Å². The second-order valence-corrected chi connectivity index (χ2v) is 7.62. The van der Waals surface area contributed by atoms with Crippen molar-refractivity contribution in [2.75, 3.05) is 16.6 Å². The van der Waals surface area contributed by atoms with E-state index < -0.39 is 15.8 Å². The summed E-state index contributed by atoms with van der Waals surface area (Å²) in [6, 6.07) is 7.24. The maximum absolute atomic E-state index is 13.2.